The fraction of sp³-hybridized carbons (Fsp3) is 0.609. The molecule has 1 atom stereocenters. The smallest absolute Gasteiger partial charge is 0.306 e. The molecule has 0 spiro atoms. The first-order valence-electron chi connectivity index (χ1n) is 38.0. The third-order valence-electron chi connectivity index (χ3n) is 15.9. The third kappa shape index (κ3) is 77.2. The highest BCUT2D eigenvalue weighted by Crippen LogP contribution is 2.17. The van der Waals surface area contributed by atoms with Gasteiger partial charge >= 0.3 is 11.9 Å². The van der Waals surface area contributed by atoms with Crippen LogP contribution in [0.2, 0.25) is 0 Å². The molecule has 92 heavy (non-hydrogen) atoms. The average Bonchev–Trinajstić information content (AvgIpc) is 3.70. The second-order valence-corrected chi connectivity index (χ2v) is 24.6. The van der Waals surface area contributed by atoms with E-state index < -0.39 is 6.10 Å². The highest BCUT2D eigenvalue weighted by Gasteiger charge is 2.16. The van der Waals surface area contributed by atoms with Crippen molar-refractivity contribution >= 4 is 11.9 Å². The van der Waals surface area contributed by atoms with Gasteiger partial charge in [-0.05, 0) is 141 Å². The first-order valence-corrected chi connectivity index (χ1v) is 38.0. The summed E-state index contributed by atoms with van der Waals surface area (Å²) in [5.74, 6) is -0.598. The first-order chi connectivity index (χ1) is 45.6. The Balaban J connectivity index is 3.53. The molecule has 0 radical (unpaired) electrons. The predicted octanol–water partition coefficient (Wildman–Crippen LogP) is 27.1. The largest absolute Gasteiger partial charge is 0.462 e. The minimum absolute atomic E-state index is 0.0757. The Bertz CT molecular complexity index is 2070. The van der Waals surface area contributed by atoms with Crippen LogP contribution in [0, 0.1) is 0 Å². The number of ether oxygens (including phenoxy) is 2. The van der Waals surface area contributed by atoms with Crippen LogP contribution in [0.15, 0.2) is 194 Å². The van der Waals surface area contributed by atoms with Gasteiger partial charge in [-0.1, -0.05) is 362 Å². The first kappa shape index (κ1) is 86.7. The molecule has 0 aromatic rings. The van der Waals surface area contributed by atoms with E-state index in [2.05, 4.69) is 208 Å². The van der Waals surface area contributed by atoms with Crippen LogP contribution in [-0.2, 0) is 19.1 Å². The molecule has 0 aliphatic rings. The summed E-state index contributed by atoms with van der Waals surface area (Å²) in [7, 11) is 0. The number of hydrogen-bond acceptors (Lipinski definition) is 5. The summed E-state index contributed by atoms with van der Waals surface area (Å²) in [5.41, 5.74) is 0. The van der Waals surface area contributed by atoms with E-state index in [1.807, 2.05) is 0 Å². The summed E-state index contributed by atoms with van der Waals surface area (Å²) in [5, 5.41) is 9.72. The number of aliphatic hydroxyl groups excluding tert-OH is 1. The lowest BCUT2D eigenvalue weighted by molar-refractivity contribution is -0.161. The molecule has 0 aliphatic heterocycles. The molecule has 5 nitrogen and oxygen atoms in total. The van der Waals surface area contributed by atoms with Crippen molar-refractivity contribution in [3.63, 3.8) is 0 Å². The highest BCUT2D eigenvalue weighted by molar-refractivity contribution is 5.70. The zero-order valence-corrected chi connectivity index (χ0v) is 59.5. The minimum atomic E-state index is -0.789. The number of carbonyl (C=O) groups is 2. The van der Waals surface area contributed by atoms with E-state index in [1.165, 1.54) is 148 Å². The van der Waals surface area contributed by atoms with E-state index >= 15 is 0 Å². The molecule has 0 saturated heterocycles. The van der Waals surface area contributed by atoms with Crippen molar-refractivity contribution < 1.29 is 24.2 Å². The topological polar surface area (TPSA) is 72.8 Å². The normalized spacial score (nSPS) is 13.4. The number of carbonyl (C=O) groups excluding carboxylic acids is 2. The lowest BCUT2D eigenvalue weighted by atomic mass is 10.0. The lowest BCUT2D eigenvalue weighted by Gasteiger charge is -2.15. The van der Waals surface area contributed by atoms with Crippen molar-refractivity contribution in [1.82, 2.24) is 0 Å². The van der Waals surface area contributed by atoms with Gasteiger partial charge in [-0.3, -0.25) is 9.59 Å². The van der Waals surface area contributed by atoms with E-state index in [0.717, 1.165) is 148 Å². The van der Waals surface area contributed by atoms with Gasteiger partial charge in [0.05, 0.1) is 6.61 Å². The van der Waals surface area contributed by atoms with Gasteiger partial charge in [-0.15, -0.1) is 0 Å². The Morgan fingerprint density at radius 2 is 0.435 bits per heavy atom. The van der Waals surface area contributed by atoms with Crippen LogP contribution in [0.25, 0.3) is 0 Å². The standard InChI is InChI=1S/C87H140O5/c1-3-5-7-9-11-13-15-17-19-21-23-25-27-29-31-33-35-37-39-41-42-43-44-46-47-49-51-53-55-57-59-61-63-65-67-69-71-73-75-77-79-81-86(89)91-84-85(83-88)92-87(90)82-80-78-76-74-72-70-68-66-64-62-60-58-56-54-52-50-48-45-40-38-36-34-32-30-28-26-24-22-20-18-16-14-12-10-8-6-4-2/h5-8,11-14,17-20,23-26,29-32,35-38,41-42,45,48,52,54,58,60,85,88H,3-4,9-10,15-16,21-22,27-28,33-34,39-40,43-44,46-47,49-51,53,55-57,59,61-84H2,1-2H3/b7-5-,8-6-,13-11-,14-12-,19-17-,20-18-,25-23-,26-24-,31-29-,32-30-,37-35-,38-36-,42-41-,48-45-,54-52-,60-58-. The molecule has 0 fully saturated rings. The number of allylic oxidation sites excluding steroid dienone is 32. The average molecular weight is 1270 g/mol. The molecule has 5 heteroatoms. The van der Waals surface area contributed by atoms with Gasteiger partial charge in [0.25, 0.3) is 0 Å². The second kappa shape index (κ2) is 80.0. The summed E-state index contributed by atoms with van der Waals surface area (Å²) < 4.78 is 10.8. The Morgan fingerprint density at radius 3 is 0.652 bits per heavy atom. The van der Waals surface area contributed by atoms with Crippen molar-refractivity contribution in [3.8, 4) is 0 Å². The van der Waals surface area contributed by atoms with Crippen LogP contribution in [0.5, 0.6) is 0 Å². The quantitative estimate of drug-likeness (QED) is 0.0373. The van der Waals surface area contributed by atoms with E-state index in [9.17, 15) is 14.7 Å². The van der Waals surface area contributed by atoms with Gasteiger partial charge in [-0.2, -0.15) is 0 Å². The summed E-state index contributed by atoms with van der Waals surface area (Å²) in [6.45, 7) is 3.92. The molecule has 0 saturated carbocycles. The maximum atomic E-state index is 12.4. The van der Waals surface area contributed by atoms with Crippen molar-refractivity contribution in [2.45, 2.75) is 328 Å². The monoisotopic (exact) mass is 1270 g/mol. The highest BCUT2D eigenvalue weighted by atomic mass is 16.6. The number of hydrogen-bond donors (Lipinski definition) is 1. The Labute approximate surface area is 568 Å². The van der Waals surface area contributed by atoms with Crippen LogP contribution >= 0.6 is 0 Å². The van der Waals surface area contributed by atoms with Gasteiger partial charge in [0.15, 0.2) is 6.10 Å². The lowest BCUT2D eigenvalue weighted by Crippen LogP contribution is -2.28. The predicted molar refractivity (Wildman–Crippen MR) is 407 cm³/mol. The van der Waals surface area contributed by atoms with Crippen LogP contribution in [-0.4, -0.2) is 36.4 Å². The summed E-state index contributed by atoms with van der Waals surface area (Å²) in [4.78, 5) is 24.7. The summed E-state index contributed by atoms with van der Waals surface area (Å²) in [6, 6.07) is 0. The molecular formula is C87H140O5. The second-order valence-electron chi connectivity index (χ2n) is 24.6. The fourth-order valence-corrected chi connectivity index (χ4v) is 10.3. The maximum Gasteiger partial charge on any atom is 0.306 e. The Kier molecular flexibility index (Phi) is 75.4. The molecule has 1 unspecified atom stereocenters. The summed E-state index contributed by atoms with van der Waals surface area (Å²) in [6.07, 6.45) is 126. The van der Waals surface area contributed by atoms with E-state index in [4.69, 9.17) is 9.47 Å². The van der Waals surface area contributed by atoms with Gasteiger partial charge in [0.1, 0.15) is 6.61 Å². The van der Waals surface area contributed by atoms with Crippen LogP contribution < -0.4 is 0 Å². The van der Waals surface area contributed by atoms with Crippen LogP contribution in [0.1, 0.15) is 322 Å². The maximum absolute atomic E-state index is 12.4. The molecule has 518 valence electrons. The van der Waals surface area contributed by atoms with Gasteiger partial charge in [0.2, 0.25) is 0 Å². The Hall–Kier alpha value is -5.26. The van der Waals surface area contributed by atoms with Gasteiger partial charge in [-0.25, -0.2) is 0 Å². The minimum Gasteiger partial charge on any atom is -0.462 e. The van der Waals surface area contributed by atoms with E-state index in [-0.39, 0.29) is 25.2 Å². The third-order valence-corrected chi connectivity index (χ3v) is 15.9. The van der Waals surface area contributed by atoms with Crippen molar-refractivity contribution in [2.75, 3.05) is 13.2 Å². The molecule has 0 amide bonds. The molecule has 0 aliphatic carbocycles. The molecule has 1 N–H and O–H groups in total. The van der Waals surface area contributed by atoms with Crippen molar-refractivity contribution in [3.05, 3.63) is 194 Å². The van der Waals surface area contributed by atoms with E-state index in [1.54, 1.807) is 0 Å². The van der Waals surface area contributed by atoms with Crippen LogP contribution in [0.3, 0.4) is 0 Å². The molecule has 0 bridgehead atoms. The van der Waals surface area contributed by atoms with Crippen molar-refractivity contribution in [1.29, 1.82) is 0 Å². The number of esters is 2. The Morgan fingerprint density at radius 1 is 0.250 bits per heavy atom. The summed E-state index contributed by atoms with van der Waals surface area (Å²) >= 11 is 0. The molecule has 0 aromatic carbocycles. The molecule has 0 aromatic heterocycles. The number of aliphatic hydroxyl groups is 1. The fourth-order valence-electron chi connectivity index (χ4n) is 10.3. The zero-order valence-electron chi connectivity index (χ0n) is 59.5. The van der Waals surface area contributed by atoms with Crippen molar-refractivity contribution in [2.24, 2.45) is 0 Å². The molecule has 0 rings (SSSR count). The number of rotatable bonds is 68. The van der Waals surface area contributed by atoms with E-state index in [0.29, 0.717) is 12.8 Å². The molecule has 0 heterocycles. The van der Waals surface area contributed by atoms with Crippen LogP contribution in [0.4, 0.5) is 0 Å². The number of unbranched alkanes of at least 4 members (excludes halogenated alkanes) is 28. The zero-order chi connectivity index (χ0) is 66.1. The van der Waals surface area contributed by atoms with Gasteiger partial charge in [0, 0.05) is 12.8 Å². The molecular weight excluding hydrogens is 1120 g/mol. The van der Waals surface area contributed by atoms with Gasteiger partial charge < -0.3 is 14.6 Å². The SMILES string of the molecule is CC/C=C\C/C=C\C/C=C\C/C=C\C/C=C\C/C=C\C/C=C\C/C=C\C/C=C\CCCCCCCCCCCC(=O)OC(CO)COC(=O)CCCCCCCCCCCCCCCCCCCCC/C=C\C/C=C\C/C=C\C/C=C\C/C=C\C/C=C\C/C=C\CC.